The molecule has 0 unspecified atom stereocenters. The van der Waals surface area contributed by atoms with E-state index in [0.29, 0.717) is 61.0 Å². The van der Waals surface area contributed by atoms with E-state index >= 15 is 0 Å². The van der Waals surface area contributed by atoms with Crippen molar-refractivity contribution in [3.63, 3.8) is 0 Å². The number of anilines is 1. The first kappa shape index (κ1) is 29.9. The average molecular weight is 632 g/mol. The highest BCUT2D eigenvalue weighted by molar-refractivity contribution is 8.24. The number of benzene rings is 1. The van der Waals surface area contributed by atoms with Crippen LogP contribution in [0.2, 0.25) is 0 Å². The van der Waals surface area contributed by atoms with Crippen LogP contribution in [0, 0.1) is 17.2 Å². The van der Waals surface area contributed by atoms with Gasteiger partial charge in [0.05, 0.1) is 33.8 Å². The van der Waals surface area contributed by atoms with Gasteiger partial charge in [-0.25, -0.2) is 9.97 Å². The lowest BCUT2D eigenvalue weighted by atomic mass is 9.76. The van der Waals surface area contributed by atoms with Crippen molar-refractivity contribution in [3.8, 4) is 27.2 Å². The third-order valence-electron chi connectivity index (χ3n) is 8.56. The van der Waals surface area contributed by atoms with Crippen LogP contribution >= 0.6 is 21.9 Å². The van der Waals surface area contributed by atoms with E-state index in [4.69, 9.17) is 4.98 Å². The molecule has 6 rings (SSSR count). The molecule has 1 aromatic carbocycles. The third kappa shape index (κ3) is 6.38. The van der Waals surface area contributed by atoms with Crippen LogP contribution in [0.3, 0.4) is 0 Å². The first-order chi connectivity index (χ1) is 20.5. The van der Waals surface area contributed by atoms with Crippen LogP contribution in [0.1, 0.15) is 55.8 Å². The summed E-state index contributed by atoms with van der Waals surface area (Å²) in [6.45, 7) is 1.06. The van der Waals surface area contributed by atoms with Gasteiger partial charge in [0.25, 0.3) is 0 Å². The van der Waals surface area contributed by atoms with E-state index in [1.807, 2.05) is 24.3 Å². The normalized spacial score (nSPS) is 23.7. The summed E-state index contributed by atoms with van der Waals surface area (Å²) in [5.41, 5.74) is 0.762. The smallest absolute Gasteiger partial charge is 0.368 e. The van der Waals surface area contributed by atoms with E-state index in [0.717, 1.165) is 35.0 Å². The Hall–Kier alpha value is -3.18. The number of hydrogen-bond acceptors (Lipinski definition) is 8. The quantitative estimate of drug-likeness (QED) is 0.270. The summed E-state index contributed by atoms with van der Waals surface area (Å²) in [6.07, 6.45) is -0.252. The van der Waals surface area contributed by atoms with Crippen molar-refractivity contribution in [2.45, 2.75) is 56.2 Å². The minimum absolute atomic E-state index is 0.120. The van der Waals surface area contributed by atoms with Crippen molar-refractivity contribution < 1.29 is 27.1 Å². The molecule has 8 nitrogen and oxygen atoms in total. The summed E-state index contributed by atoms with van der Waals surface area (Å²) < 4.78 is 60.4. The van der Waals surface area contributed by atoms with Crippen LogP contribution < -0.4 is 10.2 Å². The molecule has 3 heterocycles. The molecule has 228 valence electrons. The number of pyridine rings is 1. The molecule has 0 radical (unpaired) electrons. The molecule has 3 N–H and O–H groups in total. The van der Waals surface area contributed by atoms with Gasteiger partial charge in [-0.3, -0.25) is 13.9 Å². The summed E-state index contributed by atoms with van der Waals surface area (Å²) in [7, 11) is -2.53. The lowest BCUT2D eigenvalue weighted by molar-refractivity contribution is -0.141. The molecule has 1 aliphatic heterocycles. The molecule has 1 amide bonds. The van der Waals surface area contributed by atoms with Gasteiger partial charge in [-0.2, -0.15) is 29.0 Å². The van der Waals surface area contributed by atoms with Gasteiger partial charge in [-0.15, -0.1) is 11.3 Å². The number of rotatable bonds is 6. The first-order valence-electron chi connectivity index (χ1n) is 14.3. The number of thiazole rings is 1. The van der Waals surface area contributed by atoms with Crippen molar-refractivity contribution in [1.29, 1.82) is 5.26 Å². The second kappa shape index (κ2) is 11.4. The second-order valence-electron chi connectivity index (χ2n) is 11.6. The van der Waals surface area contributed by atoms with Crippen LogP contribution in [0.15, 0.2) is 42.5 Å². The average Bonchev–Trinajstić information content (AvgIpc) is 3.63. The topological polar surface area (TPSA) is 122 Å². The van der Waals surface area contributed by atoms with Crippen LogP contribution in [0.25, 0.3) is 21.1 Å². The summed E-state index contributed by atoms with van der Waals surface area (Å²) in [5, 5.41) is 12.8. The Morgan fingerprint density at radius 2 is 1.77 bits per heavy atom. The number of alkyl halides is 3. The van der Waals surface area contributed by atoms with Crippen molar-refractivity contribution in [3.05, 3.63) is 53.9 Å². The van der Waals surface area contributed by atoms with E-state index in [9.17, 15) is 32.3 Å². The zero-order chi connectivity index (χ0) is 30.4. The lowest BCUT2D eigenvalue weighted by Crippen LogP contribution is -2.42. The Bertz CT molecular complexity index is 1540. The van der Waals surface area contributed by atoms with Gasteiger partial charge in [0.1, 0.15) is 16.2 Å². The molecule has 2 atom stereocenters. The minimum Gasteiger partial charge on any atom is -0.368 e. The second-order valence-corrected chi connectivity index (χ2v) is 15.0. The highest BCUT2D eigenvalue weighted by Gasteiger charge is 2.47. The predicted molar refractivity (Wildman–Crippen MR) is 161 cm³/mol. The van der Waals surface area contributed by atoms with Crippen LogP contribution in [0.4, 0.5) is 18.9 Å². The first-order valence-corrected chi connectivity index (χ1v) is 17.0. The fourth-order valence-electron chi connectivity index (χ4n) is 5.91. The van der Waals surface area contributed by atoms with E-state index in [2.05, 4.69) is 21.3 Å². The molecule has 0 bridgehead atoms. The molecule has 43 heavy (non-hydrogen) atoms. The maximum Gasteiger partial charge on any atom is 0.433 e. The molecule has 2 aliphatic carbocycles. The largest absolute Gasteiger partial charge is 0.433 e. The van der Waals surface area contributed by atoms with Gasteiger partial charge in [0.15, 0.2) is 0 Å². The molecule has 3 aliphatic rings. The number of nitrogens with one attached hydrogen (secondary N) is 1. The molecular weight excluding hydrogens is 599 g/mol. The molecule has 13 heteroatoms. The highest BCUT2D eigenvalue weighted by atomic mass is 32.3. The number of hydrogen-bond donors (Lipinski definition) is 3. The number of aromatic nitrogens is 2. The summed E-state index contributed by atoms with van der Waals surface area (Å²) in [4.78, 5) is 25.1. The standard InChI is InChI=1S/C30H32F3N5O3S2/c31-30(32,33)24-7-3-6-23(35-24)28-36-25(21-4-1-2-5-22(21)27(39)37-29(18-34)12-13-29)26(42-28)19-8-10-20(11-9-19)38-14-16-43(40,41)17-15-38/h3,6-11,21-22,40-41H,1-2,4-5,12-17H2,(H,37,39)/t21-,22-/m1/s1. The van der Waals surface area contributed by atoms with Gasteiger partial charge in [0, 0.05) is 30.6 Å². The van der Waals surface area contributed by atoms with Gasteiger partial charge >= 0.3 is 6.18 Å². The SMILES string of the molecule is N#CC1(NC(=O)[C@@H]2CCCC[C@H]2c2nc(-c3cccc(C(F)(F)F)n3)sc2-c2ccc(N3CCS(O)(O)CC3)cc2)CC1. The number of amides is 1. The van der Waals surface area contributed by atoms with Gasteiger partial charge in [0.2, 0.25) is 5.91 Å². The Kier molecular flexibility index (Phi) is 7.91. The lowest BCUT2D eigenvalue weighted by Gasteiger charge is -2.41. The number of halogens is 3. The van der Waals surface area contributed by atoms with E-state index in [-0.39, 0.29) is 17.5 Å². The van der Waals surface area contributed by atoms with Crippen LogP contribution in [0.5, 0.6) is 0 Å². The Balaban J connectivity index is 1.37. The fourth-order valence-corrected chi connectivity index (χ4v) is 8.25. The van der Waals surface area contributed by atoms with E-state index in [1.165, 1.54) is 23.5 Å². The molecule has 2 saturated carbocycles. The Morgan fingerprint density at radius 3 is 2.42 bits per heavy atom. The van der Waals surface area contributed by atoms with Crippen molar-refractivity contribution in [2.75, 3.05) is 29.5 Å². The third-order valence-corrected chi connectivity index (χ3v) is 11.4. The molecular formula is C30H32F3N5O3S2. The summed E-state index contributed by atoms with van der Waals surface area (Å²) in [5.74, 6) is -0.206. The highest BCUT2D eigenvalue weighted by Crippen LogP contribution is 2.47. The van der Waals surface area contributed by atoms with Crippen molar-refractivity contribution in [1.82, 2.24) is 15.3 Å². The molecule has 2 aromatic heterocycles. The predicted octanol–water partition coefficient (Wildman–Crippen LogP) is 6.91. The molecule has 1 saturated heterocycles. The zero-order valence-electron chi connectivity index (χ0n) is 23.3. The zero-order valence-corrected chi connectivity index (χ0v) is 24.9. The Labute approximate surface area is 253 Å². The monoisotopic (exact) mass is 631 g/mol. The van der Waals surface area contributed by atoms with E-state index < -0.39 is 33.9 Å². The van der Waals surface area contributed by atoms with Crippen molar-refractivity contribution >= 4 is 33.5 Å². The van der Waals surface area contributed by atoms with E-state index in [1.54, 1.807) is 0 Å². The minimum atomic E-state index is -4.59. The summed E-state index contributed by atoms with van der Waals surface area (Å²) >= 11 is 1.26. The molecule has 3 aromatic rings. The number of nitriles is 1. The summed E-state index contributed by atoms with van der Waals surface area (Å²) in [6, 6.07) is 13.8. The van der Waals surface area contributed by atoms with Gasteiger partial charge in [-0.1, -0.05) is 31.0 Å². The molecule has 3 fully saturated rings. The maximum atomic E-state index is 13.5. The fraction of sp³-hybridized carbons (Fsp3) is 0.467. The number of carbonyl (C=O) groups is 1. The Morgan fingerprint density at radius 1 is 1.07 bits per heavy atom. The van der Waals surface area contributed by atoms with Crippen LogP contribution in [-0.4, -0.2) is 55.1 Å². The molecule has 0 spiro atoms. The maximum absolute atomic E-state index is 13.5. The number of carbonyl (C=O) groups excluding carboxylic acids is 1. The van der Waals surface area contributed by atoms with Gasteiger partial charge in [-0.05, 0) is 55.5 Å². The van der Waals surface area contributed by atoms with Crippen molar-refractivity contribution in [2.24, 2.45) is 5.92 Å². The number of nitrogens with zero attached hydrogens (tertiary/aromatic N) is 4. The van der Waals surface area contributed by atoms with Crippen LogP contribution in [-0.2, 0) is 11.0 Å². The van der Waals surface area contributed by atoms with Gasteiger partial charge < -0.3 is 10.2 Å².